The van der Waals surface area contributed by atoms with Gasteiger partial charge in [-0.1, -0.05) is 41.6 Å². The molecule has 2 aromatic carbocycles. The molecule has 0 saturated heterocycles. The Bertz CT molecular complexity index is 1310. The number of fused-ring (bicyclic) bond motifs is 1. The van der Waals surface area contributed by atoms with E-state index in [0.717, 1.165) is 16.6 Å². The van der Waals surface area contributed by atoms with Crippen LogP contribution in [0.15, 0.2) is 69.9 Å². The average Bonchev–Trinajstić information content (AvgIpc) is 3.27. The van der Waals surface area contributed by atoms with Gasteiger partial charge in [-0.25, -0.2) is 9.37 Å². The molecule has 0 unspecified atom stereocenters. The first-order valence-electron chi connectivity index (χ1n) is 9.30. The molecule has 4 rings (SSSR count). The van der Waals surface area contributed by atoms with Crippen LogP contribution in [0.2, 0.25) is 5.02 Å². The Labute approximate surface area is 191 Å². The van der Waals surface area contributed by atoms with Crippen LogP contribution in [0, 0.1) is 5.82 Å². The van der Waals surface area contributed by atoms with Gasteiger partial charge in [0.2, 0.25) is 5.91 Å². The van der Waals surface area contributed by atoms with Crippen LogP contribution < -0.4 is 5.56 Å². The van der Waals surface area contributed by atoms with Crippen molar-refractivity contribution in [3.8, 4) is 5.69 Å². The maximum absolute atomic E-state index is 13.7. The maximum atomic E-state index is 13.7. The molecule has 158 valence electrons. The quantitative estimate of drug-likeness (QED) is 0.292. The molecule has 0 aliphatic rings. The summed E-state index contributed by atoms with van der Waals surface area (Å²) in [6, 6.07) is 14.9. The fourth-order valence-electron chi connectivity index (χ4n) is 3.02. The largest absolute Gasteiger partial charge is 0.340 e. The van der Waals surface area contributed by atoms with Crippen molar-refractivity contribution < 1.29 is 9.18 Å². The van der Waals surface area contributed by atoms with Gasteiger partial charge in [-0.2, -0.15) is 0 Å². The lowest BCUT2D eigenvalue weighted by atomic mass is 10.2. The van der Waals surface area contributed by atoms with E-state index in [2.05, 4.69) is 4.98 Å². The number of amides is 1. The SMILES string of the molecule is CN(Cc1cccs1)C(=O)CSc1nc2ccccc2c(=O)n1-c1ccc(F)c(Cl)c1. The molecular formula is C22H17ClFN3O2S2. The first kappa shape index (κ1) is 21.5. The molecule has 0 aliphatic carbocycles. The topological polar surface area (TPSA) is 55.2 Å². The van der Waals surface area contributed by atoms with E-state index in [-0.39, 0.29) is 22.2 Å². The summed E-state index contributed by atoms with van der Waals surface area (Å²) in [7, 11) is 1.74. The fourth-order valence-corrected chi connectivity index (χ4v) is 4.91. The normalized spacial score (nSPS) is 11.1. The molecule has 2 heterocycles. The molecule has 5 nitrogen and oxygen atoms in total. The summed E-state index contributed by atoms with van der Waals surface area (Å²) in [6.45, 7) is 0.516. The fraction of sp³-hybridized carbons (Fsp3) is 0.136. The minimum absolute atomic E-state index is 0.0931. The lowest BCUT2D eigenvalue weighted by Gasteiger charge is -2.17. The van der Waals surface area contributed by atoms with E-state index in [0.29, 0.717) is 28.3 Å². The van der Waals surface area contributed by atoms with E-state index in [1.54, 1.807) is 47.5 Å². The number of aromatic nitrogens is 2. The van der Waals surface area contributed by atoms with Crippen LogP contribution in [-0.2, 0) is 11.3 Å². The number of hydrogen-bond acceptors (Lipinski definition) is 5. The van der Waals surface area contributed by atoms with E-state index in [4.69, 9.17) is 11.6 Å². The number of thiophene rings is 1. The predicted octanol–water partition coefficient (Wildman–Crippen LogP) is 4.99. The van der Waals surface area contributed by atoms with Gasteiger partial charge in [-0.05, 0) is 41.8 Å². The van der Waals surface area contributed by atoms with Crippen molar-refractivity contribution in [2.75, 3.05) is 12.8 Å². The Kier molecular flexibility index (Phi) is 6.41. The molecule has 0 aliphatic heterocycles. The van der Waals surface area contributed by atoms with Crippen LogP contribution in [0.1, 0.15) is 4.88 Å². The summed E-state index contributed by atoms with van der Waals surface area (Å²) in [5.74, 6) is -0.571. The third-order valence-corrected chi connectivity index (χ3v) is 6.70. The molecule has 0 fully saturated rings. The van der Waals surface area contributed by atoms with Crippen LogP contribution in [0.5, 0.6) is 0 Å². The van der Waals surface area contributed by atoms with Crippen molar-refractivity contribution in [2.45, 2.75) is 11.7 Å². The number of carbonyl (C=O) groups excluding carboxylic acids is 1. The van der Waals surface area contributed by atoms with Crippen molar-refractivity contribution in [3.63, 3.8) is 0 Å². The summed E-state index contributed by atoms with van der Waals surface area (Å²) in [5, 5.41) is 2.63. The summed E-state index contributed by atoms with van der Waals surface area (Å²) < 4.78 is 15.0. The zero-order chi connectivity index (χ0) is 22.0. The van der Waals surface area contributed by atoms with Crippen molar-refractivity contribution in [2.24, 2.45) is 0 Å². The smallest absolute Gasteiger partial charge is 0.266 e. The Balaban J connectivity index is 1.68. The van der Waals surface area contributed by atoms with Gasteiger partial charge in [-0.15, -0.1) is 11.3 Å². The van der Waals surface area contributed by atoms with Crippen LogP contribution in [-0.4, -0.2) is 33.2 Å². The number of halogens is 2. The summed E-state index contributed by atoms with van der Waals surface area (Å²) in [6.07, 6.45) is 0. The van der Waals surface area contributed by atoms with Gasteiger partial charge >= 0.3 is 0 Å². The van der Waals surface area contributed by atoms with Gasteiger partial charge in [0, 0.05) is 11.9 Å². The predicted molar refractivity (Wildman–Crippen MR) is 124 cm³/mol. The Hall–Kier alpha value is -2.68. The zero-order valence-electron chi connectivity index (χ0n) is 16.4. The molecule has 1 amide bonds. The molecule has 9 heteroatoms. The minimum Gasteiger partial charge on any atom is -0.340 e. The van der Waals surface area contributed by atoms with E-state index in [9.17, 15) is 14.0 Å². The number of para-hydroxylation sites is 1. The highest BCUT2D eigenvalue weighted by molar-refractivity contribution is 7.99. The lowest BCUT2D eigenvalue weighted by molar-refractivity contribution is -0.127. The molecule has 0 bridgehead atoms. The molecule has 0 N–H and O–H groups in total. The molecular weight excluding hydrogens is 457 g/mol. The second-order valence-corrected chi connectivity index (χ2v) is 9.15. The van der Waals surface area contributed by atoms with Gasteiger partial charge in [-0.3, -0.25) is 14.2 Å². The van der Waals surface area contributed by atoms with Crippen molar-refractivity contribution in [3.05, 3.63) is 86.0 Å². The molecule has 2 aromatic heterocycles. The maximum Gasteiger partial charge on any atom is 0.266 e. The van der Waals surface area contributed by atoms with Crippen LogP contribution >= 0.6 is 34.7 Å². The van der Waals surface area contributed by atoms with Crippen molar-refractivity contribution in [1.29, 1.82) is 0 Å². The van der Waals surface area contributed by atoms with Crippen LogP contribution in [0.3, 0.4) is 0 Å². The third kappa shape index (κ3) is 4.66. The number of rotatable bonds is 6. The first-order chi connectivity index (χ1) is 14.9. The average molecular weight is 474 g/mol. The number of benzene rings is 2. The molecule has 0 spiro atoms. The summed E-state index contributed by atoms with van der Waals surface area (Å²) in [5.41, 5.74) is 0.602. The van der Waals surface area contributed by atoms with Gasteiger partial charge < -0.3 is 4.90 Å². The Morgan fingerprint density at radius 1 is 1.23 bits per heavy atom. The Morgan fingerprint density at radius 2 is 2.03 bits per heavy atom. The standard InChI is InChI=1S/C22H17ClFN3O2S2/c1-26(12-15-5-4-10-30-15)20(28)13-31-22-25-19-7-3-2-6-16(19)21(29)27(22)14-8-9-18(24)17(23)11-14/h2-11H,12-13H2,1H3. The molecule has 0 saturated carbocycles. The van der Waals surface area contributed by atoms with E-state index in [1.807, 2.05) is 17.5 Å². The highest BCUT2D eigenvalue weighted by Crippen LogP contribution is 2.24. The number of thioether (sulfide) groups is 1. The lowest BCUT2D eigenvalue weighted by Crippen LogP contribution is -2.28. The third-order valence-electron chi connectivity index (χ3n) is 4.63. The van der Waals surface area contributed by atoms with E-state index in [1.165, 1.54) is 22.8 Å². The Morgan fingerprint density at radius 3 is 2.77 bits per heavy atom. The first-order valence-corrected chi connectivity index (χ1v) is 11.5. The van der Waals surface area contributed by atoms with E-state index >= 15 is 0 Å². The molecule has 0 radical (unpaired) electrons. The van der Waals surface area contributed by atoms with Crippen LogP contribution in [0.4, 0.5) is 4.39 Å². The molecule has 4 aromatic rings. The van der Waals surface area contributed by atoms with E-state index < -0.39 is 5.82 Å². The van der Waals surface area contributed by atoms with Gasteiger partial charge in [0.05, 0.1) is 33.9 Å². The number of hydrogen-bond donors (Lipinski definition) is 0. The second-order valence-electron chi connectivity index (χ2n) is 6.77. The van der Waals surface area contributed by atoms with Crippen molar-refractivity contribution >= 4 is 51.5 Å². The van der Waals surface area contributed by atoms with Crippen LogP contribution in [0.25, 0.3) is 16.6 Å². The summed E-state index contributed by atoms with van der Waals surface area (Å²) >= 11 is 8.69. The highest BCUT2D eigenvalue weighted by Gasteiger charge is 2.17. The molecule has 31 heavy (non-hydrogen) atoms. The number of nitrogens with zero attached hydrogens (tertiary/aromatic N) is 3. The highest BCUT2D eigenvalue weighted by atomic mass is 35.5. The van der Waals surface area contributed by atoms with Gasteiger partial charge in [0.25, 0.3) is 5.56 Å². The summed E-state index contributed by atoms with van der Waals surface area (Å²) in [4.78, 5) is 33.2. The minimum atomic E-state index is -0.577. The van der Waals surface area contributed by atoms with Gasteiger partial charge in [0.1, 0.15) is 5.82 Å². The zero-order valence-corrected chi connectivity index (χ0v) is 18.8. The monoisotopic (exact) mass is 473 g/mol. The van der Waals surface area contributed by atoms with Crippen molar-refractivity contribution in [1.82, 2.24) is 14.5 Å². The van der Waals surface area contributed by atoms with Gasteiger partial charge in [0.15, 0.2) is 5.16 Å². The number of carbonyl (C=O) groups is 1. The second kappa shape index (κ2) is 9.21. The molecule has 0 atom stereocenters.